The lowest BCUT2D eigenvalue weighted by molar-refractivity contribution is 0.432. The van der Waals surface area contributed by atoms with Crippen molar-refractivity contribution in [3.8, 4) is 0 Å². The number of aromatic nitrogens is 2. The van der Waals surface area contributed by atoms with Crippen molar-refractivity contribution in [3.05, 3.63) is 36.4 Å². The Hall–Kier alpha value is -1.33. The molecule has 2 aromatic heterocycles. The van der Waals surface area contributed by atoms with Crippen LogP contribution in [0, 0.1) is 0 Å². The van der Waals surface area contributed by atoms with E-state index >= 15 is 0 Å². The molecule has 2 heterocycles. The van der Waals surface area contributed by atoms with E-state index in [0.29, 0.717) is 11.7 Å². The summed E-state index contributed by atoms with van der Waals surface area (Å²) in [6.45, 7) is 0.597. The Morgan fingerprint density at radius 1 is 1.27 bits per heavy atom. The van der Waals surface area contributed by atoms with Gasteiger partial charge in [-0.3, -0.25) is 0 Å². The molecule has 0 amide bonds. The van der Waals surface area contributed by atoms with Gasteiger partial charge in [-0.2, -0.15) is 0 Å². The monoisotopic (exact) mass is 221 g/mol. The molecular formula is C10H11N3OS. The Morgan fingerprint density at radius 2 is 2.07 bits per heavy atom. The number of hydrogen-bond donors (Lipinski definition) is 1. The van der Waals surface area contributed by atoms with Crippen LogP contribution in [0.4, 0.5) is 0 Å². The van der Waals surface area contributed by atoms with Gasteiger partial charge in [-0.1, -0.05) is 0 Å². The largest absolute Gasteiger partial charge is 0.454 e. The number of nitrogens with zero attached hydrogens (tertiary/aromatic N) is 2. The Morgan fingerprint density at radius 3 is 2.80 bits per heavy atom. The quantitative estimate of drug-likeness (QED) is 0.796. The maximum Gasteiger partial charge on any atom is 0.195 e. The minimum Gasteiger partial charge on any atom is -0.454 e. The summed E-state index contributed by atoms with van der Waals surface area (Å²) in [5.41, 5.74) is 5.43. The standard InChI is InChI=1S/C10H11N3OS/c11-5-4-8-2-3-9(14-8)15-10-12-6-1-7-13-10/h1-3,6-7H,4-5,11H2. The molecule has 2 rings (SSSR count). The summed E-state index contributed by atoms with van der Waals surface area (Å²) in [6, 6.07) is 5.62. The Bertz CT molecular complexity index is 416. The van der Waals surface area contributed by atoms with E-state index in [2.05, 4.69) is 9.97 Å². The van der Waals surface area contributed by atoms with Gasteiger partial charge < -0.3 is 10.2 Å². The molecule has 0 saturated carbocycles. The second kappa shape index (κ2) is 4.95. The minimum absolute atomic E-state index is 0.597. The van der Waals surface area contributed by atoms with E-state index in [9.17, 15) is 0 Å². The maximum absolute atomic E-state index is 5.53. The lowest BCUT2D eigenvalue weighted by Gasteiger charge is -1.94. The molecule has 2 aromatic rings. The second-order valence-corrected chi connectivity index (χ2v) is 3.86. The van der Waals surface area contributed by atoms with Crippen molar-refractivity contribution < 1.29 is 4.42 Å². The zero-order chi connectivity index (χ0) is 10.5. The molecule has 78 valence electrons. The summed E-state index contributed by atoms with van der Waals surface area (Å²) in [7, 11) is 0. The van der Waals surface area contributed by atoms with Gasteiger partial charge in [0.25, 0.3) is 0 Å². The van der Waals surface area contributed by atoms with Crippen molar-refractivity contribution in [3.63, 3.8) is 0 Å². The summed E-state index contributed by atoms with van der Waals surface area (Å²) < 4.78 is 5.53. The third kappa shape index (κ3) is 2.81. The highest BCUT2D eigenvalue weighted by molar-refractivity contribution is 7.99. The van der Waals surface area contributed by atoms with Crippen LogP contribution >= 0.6 is 11.8 Å². The van der Waals surface area contributed by atoms with Gasteiger partial charge in [0, 0.05) is 18.8 Å². The van der Waals surface area contributed by atoms with Crippen LogP contribution in [0.2, 0.25) is 0 Å². The van der Waals surface area contributed by atoms with Gasteiger partial charge in [-0.05, 0) is 36.5 Å². The van der Waals surface area contributed by atoms with E-state index in [1.807, 2.05) is 12.1 Å². The molecule has 0 unspecified atom stereocenters. The third-order valence-corrected chi connectivity index (χ3v) is 2.58. The molecule has 2 N–H and O–H groups in total. The van der Waals surface area contributed by atoms with Crippen LogP contribution in [0.25, 0.3) is 0 Å². The van der Waals surface area contributed by atoms with Gasteiger partial charge in [0.15, 0.2) is 10.2 Å². The molecule has 0 aromatic carbocycles. The third-order valence-electron chi connectivity index (χ3n) is 1.76. The van der Waals surface area contributed by atoms with Crippen molar-refractivity contribution in [1.82, 2.24) is 9.97 Å². The van der Waals surface area contributed by atoms with Crippen LogP contribution in [0.3, 0.4) is 0 Å². The highest BCUT2D eigenvalue weighted by Crippen LogP contribution is 2.25. The second-order valence-electron chi connectivity index (χ2n) is 2.89. The van der Waals surface area contributed by atoms with Gasteiger partial charge in [0.05, 0.1) is 0 Å². The fraction of sp³-hybridized carbons (Fsp3) is 0.200. The van der Waals surface area contributed by atoms with Crippen LogP contribution in [-0.4, -0.2) is 16.5 Å². The van der Waals surface area contributed by atoms with E-state index < -0.39 is 0 Å². The van der Waals surface area contributed by atoms with Crippen molar-refractivity contribution >= 4 is 11.8 Å². The molecule has 4 nitrogen and oxygen atoms in total. The SMILES string of the molecule is NCCc1ccc(Sc2ncccn2)o1. The topological polar surface area (TPSA) is 64.9 Å². The number of furan rings is 1. The first-order valence-corrected chi connectivity index (χ1v) is 5.44. The zero-order valence-electron chi connectivity index (χ0n) is 8.09. The molecule has 0 spiro atoms. The van der Waals surface area contributed by atoms with E-state index in [1.165, 1.54) is 11.8 Å². The van der Waals surface area contributed by atoms with Gasteiger partial charge in [-0.15, -0.1) is 0 Å². The average molecular weight is 221 g/mol. The van der Waals surface area contributed by atoms with Gasteiger partial charge in [-0.25, -0.2) is 9.97 Å². The molecule has 0 saturated heterocycles. The molecule has 0 aliphatic carbocycles. The van der Waals surface area contributed by atoms with Crippen molar-refractivity contribution in [2.45, 2.75) is 16.7 Å². The molecule has 0 aliphatic rings. The van der Waals surface area contributed by atoms with E-state index in [0.717, 1.165) is 17.3 Å². The first-order valence-electron chi connectivity index (χ1n) is 4.62. The van der Waals surface area contributed by atoms with Crippen molar-refractivity contribution in [2.24, 2.45) is 5.73 Å². The van der Waals surface area contributed by atoms with Crippen LogP contribution < -0.4 is 5.73 Å². The van der Waals surface area contributed by atoms with E-state index in [4.69, 9.17) is 10.2 Å². The molecule has 0 aliphatic heterocycles. The molecule has 0 atom stereocenters. The molecule has 0 radical (unpaired) electrons. The number of rotatable bonds is 4. The predicted octanol–water partition coefficient (Wildman–Crippen LogP) is 1.72. The summed E-state index contributed by atoms with van der Waals surface area (Å²) in [6.07, 6.45) is 4.17. The predicted molar refractivity (Wildman–Crippen MR) is 57.6 cm³/mol. The van der Waals surface area contributed by atoms with E-state index in [-0.39, 0.29) is 0 Å². The molecule has 0 bridgehead atoms. The number of nitrogens with two attached hydrogens (primary N) is 1. The first-order chi connectivity index (χ1) is 7.38. The lowest BCUT2D eigenvalue weighted by atomic mass is 10.3. The smallest absolute Gasteiger partial charge is 0.195 e. The lowest BCUT2D eigenvalue weighted by Crippen LogP contribution is -2.01. The van der Waals surface area contributed by atoms with Crippen molar-refractivity contribution in [2.75, 3.05) is 6.54 Å². The fourth-order valence-corrected chi connectivity index (χ4v) is 1.81. The van der Waals surface area contributed by atoms with Gasteiger partial charge >= 0.3 is 0 Å². The van der Waals surface area contributed by atoms with Crippen LogP contribution in [0.5, 0.6) is 0 Å². The zero-order valence-corrected chi connectivity index (χ0v) is 8.91. The Kier molecular flexibility index (Phi) is 3.37. The highest BCUT2D eigenvalue weighted by atomic mass is 32.2. The number of hydrogen-bond acceptors (Lipinski definition) is 5. The normalized spacial score (nSPS) is 10.5. The first kappa shape index (κ1) is 10.2. The van der Waals surface area contributed by atoms with Crippen molar-refractivity contribution in [1.29, 1.82) is 0 Å². The molecule has 5 heteroatoms. The summed E-state index contributed by atoms with van der Waals surface area (Å²) in [5, 5.41) is 1.48. The van der Waals surface area contributed by atoms with Crippen LogP contribution in [-0.2, 0) is 6.42 Å². The average Bonchev–Trinajstić information content (AvgIpc) is 2.68. The summed E-state index contributed by atoms with van der Waals surface area (Å²) >= 11 is 1.40. The minimum atomic E-state index is 0.597. The fourth-order valence-electron chi connectivity index (χ4n) is 1.12. The summed E-state index contributed by atoms with van der Waals surface area (Å²) in [4.78, 5) is 8.19. The molecular weight excluding hydrogens is 210 g/mol. The summed E-state index contributed by atoms with van der Waals surface area (Å²) in [5.74, 6) is 0.899. The van der Waals surface area contributed by atoms with Gasteiger partial charge in [0.2, 0.25) is 0 Å². The van der Waals surface area contributed by atoms with Crippen LogP contribution in [0.1, 0.15) is 5.76 Å². The van der Waals surface area contributed by atoms with Crippen LogP contribution in [0.15, 0.2) is 45.3 Å². The van der Waals surface area contributed by atoms with E-state index in [1.54, 1.807) is 18.5 Å². The molecule has 15 heavy (non-hydrogen) atoms. The maximum atomic E-state index is 5.53. The molecule has 0 fully saturated rings. The van der Waals surface area contributed by atoms with Gasteiger partial charge in [0.1, 0.15) is 5.76 Å². The highest BCUT2D eigenvalue weighted by Gasteiger charge is 2.04. The Labute approximate surface area is 91.9 Å². The Balaban J connectivity index is 2.05.